The number of methoxy groups -OCH3 is 1. The smallest absolute Gasteiger partial charge is 0.315 e. The van der Waals surface area contributed by atoms with Crippen LogP contribution in [0.5, 0.6) is 5.75 Å². The monoisotopic (exact) mass is 277 g/mol. The molecule has 0 aromatic heterocycles. The van der Waals surface area contributed by atoms with E-state index in [4.69, 9.17) is 4.74 Å². The molecule has 20 heavy (non-hydrogen) atoms. The largest absolute Gasteiger partial charge is 0.497 e. The normalized spacial score (nSPS) is 15.7. The summed E-state index contributed by atoms with van der Waals surface area (Å²) in [6.45, 7) is 2.61. The third kappa shape index (κ3) is 4.74. The van der Waals surface area contributed by atoms with Crippen LogP contribution in [0, 0.1) is 0 Å². The summed E-state index contributed by atoms with van der Waals surface area (Å²) in [5, 5.41) is 9.20. The number of piperidine rings is 1. The molecular formula is C15H23N3O2. The predicted octanol–water partition coefficient (Wildman–Crippen LogP) is 1.29. The molecular weight excluding hydrogens is 254 g/mol. The van der Waals surface area contributed by atoms with Gasteiger partial charge in [-0.15, -0.1) is 0 Å². The second kappa shape index (κ2) is 7.75. The molecule has 110 valence electrons. The maximum Gasteiger partial charge on any atom is 0.315 e. The molecule has 0 aliphatic carbocycles. The van der Waals surface area contributed by atoms with E-state index in [1.165, 1.54) is 5.56 Å². The highest BCUT2D eigenvalue weighted by molar-refractivity contribution is 5.74. The summed E-state index contributed by atoms with van der Waals surface area (Å²) in [6, 6.07) is 8.15. The first-order valence-electron chi connectivity index (χ1n) is 7.16. The summed E-state index contributed by atoms with van der Waals surface area (Å²) in [5.41, 5.74) is 1.19. The maximum atomic E-state index is 11.7. The molecule has 0 atom stereocenters. The summed E-state index contributed by atoms with van der Waals surface area (Å²) in [7, 11) is 1.65. The third-order valence-electron chi connectivity index (χ3n) is 3.53. The lowest BCUT2D eigenvalue weighted by molar-refractivity contribution is 0.233. The third-order valence-corrected chi connectivity index (χ3v) is 3.53. The molecule has 0 spiro atoms. The Morgan fingerprint density at radius 3 is 2.65 bits per heavy atom. The molecule has 2 rings (SSSR count). The molecule has 0 radical (unpaired) electrons. The van der Waals surface area contributed by atoms with E-state index in [9.17, 15) is 4.79 Å². The number of ether oxygens (including phenoxy) is 1. The number of urea groups is 1. The summed E-state index contributed by atoms with van der Waals surface area (Å²) < 4.78 is 5.11. The van der Waals surface area contributed by atoms with Crippen LogP contribution in [0.25, 0.3) is 0 Å². The lowest BCUT2D eigenvalue weighted by atomic mass is 10.1. The number of carbonyl (C=O) groups is 1. The van der Waals surface area contributed by atoms with E-state index >= 15 is 0 Å². The lowest BCUT2D eigenvalue weighted by Crippen LogP contribution is -2.47. The molecule has 1 fully saturated rings. The van der Waals surface area contributed by atoms with Crippen LogP contribution in [0.3, 0.4) is 0 Å². The average molecular weight is 277 g/mol. The molecule has 3 N–H and O–H groups in total. The van der Waals surface area contributed by atoms with Crippen molar-refractivity contribution in [3.63, 3.8) is 0 Å². The molecule has 1 aliphatic rings. The highest BCUT2D eigenvalue weighted by atomic mass is 16.5. The molecule has 0 unspecified atom stereocenters. The summed E-state index contributed by atoms with van der Waals surface area (Å²) >= 11 is 0. The number of rotatable bonds is 5. The standard InChI is InChI=1S/C15H23N3O2/c1-20-14-4-2-12(3-5-14)6-11-17-15(19)18-13-7-9-16-10-8-13/h2-5,13,16H,6-11H2,1H3,(H2,17,18,19). The topological polar surface area (TPSA) is 62.4 Å². The summed E-state index contributed by atoms with van der Waals surface area (Å²) in [5.74, 6) is 0.852. The Labute approximate surface area is 120 Å². The Bertz CT molecular complexity index is 414. The average Bonchev–Trinajstić information content (AvgIpc) is 2.49. The van der Waals surface area contributed by atoms with Crippen molar-refractivity contribution < 1.29 is 9.53 Å². The molecule has 1 aliphatic heterocycles. The maximum absolute atomic E-state index is 11.7. The first-order valence-corrected chi connectivity index (χ1v) is 7.16. The van der Waals surface area contributed by atoms with Gasteiger partial charge in [-0.2, -0.15) is 0 Å². The molecule has 0 saturated carbocycles. The number of carbonyl (C=O) groups excluding carboxylic acids is 1. The predicted molar refractivity (Wildman–Crippen MR) is 79.1 cm³/mol. The Morgan fingerprint density at radius 2 is 2.00 bits per heavy atom. The minimum Gasteiger partial charge on any atom is -0.497 e. The summed E-state index contributed by atoms with van der Waals surface area (Å²) in [4.78, 5) is 11.7. The fourth-order valence-electron chi connectivity index (χ4n) is 2.32. The Kier molecular flexibility index (Phi) is 5.68. The zero-order valence-corrected chi connectivity index (χ0v) is 11.9. The number of hydrogen-bond donors (Lipinski definition) is 3. The Morgan fingerprint density at radius 1 is 1.30 bits per heavy atom. The van der Waals surface area contributed by atoms with Crippen LogP contribution < -0.4 is 20.7 Å². The molecule has 2 amide bonds. The fraction of sp³-hybridized carbons (Fsp3) is 0.533. The van der Waals surface area contributed by atoms with Gasteiger partial charge in [0.2, 0.25) is 0 Å². The zero-order valence-electron chi connectivity index (χ0n) is 11.9. The van der Waals surface area contributed by atoms with Crippen molar-refractivity contribution in [2.45, 2.75) is 25.3 Å². The van der Waals surface area contributed by atoms with E-state index in [2.05, 4.69) is 16.0 Å². The highest BCUT2D eigenvalue weighted by Crippen LogP contribution is 2.11. The van der Waals surface area contributed by atoms with Crippen molar-refractivity contribution in [2.24, 2.45) is 0 Å². The lowest BCUT2D eigenvalue weighted by Gasteiger charge is -2.23. The van der Waals surface area contributed by atoms with Gasteiger partial charge in [0, 0.05) is 12.6 Å². The van der Waals surface area contributed by atoms with E-state index in [0.29, 0.717) is 12.6 Å². The van der Waals surface area contributed by atoms with E-state index < -0.39 is 0 Å². The minimum atomic E-state index is -0.0644. The highest BCUT2D eigenvalue weighted by Gasteiger charge is 2.14. The van der Waals surface area contributed by atoms with Gasteiger partial charge in [0.1, 0.15) is 5.75 Å². The van der Waals surface area contributed by atoms with Gasteiger partial charge < -0.3 is 20.7 Å². The molecule has 1 aromatic carbocycles. The van der Waals surface area contributed by atoms with Gasteiger partial charge in [0.05, 0.1) is 7.11 Å². The molecule has 1 saturated heterocycles. The Balaban J connectivity index is 1.65. The van der Waals surface area contributed by atoms with Crippen LogP contribution >= 0.6 is 0 Å². The van der Waals surface area contributed by atoms with Crippen molar-refractivity contribution in [2.75, 3.05) is 26.7 Å². The second-order valence-electron chi connectivity index (χ2n) is 5.02. The molecule has 1 heterocycles. The number of hydrogen-bond acceptors (Lipinski definition) is 3. The van der Waals surface area contributed by atoms with Crippen LogP contribution in [0.1, 0.15) is 18.4 Å². The first kappa shape index (κ1) is 14.7. The van der Waals surface area contributed by atoms with Crippen LogP contribution in [0.15, 0.2) is 24.3 Å². The number of benzene rings is 1. The van der Waals surface area contributed by atoms with E-state index in [1.54, 1.807) is 7.11 Å². The van der Waals surface area contributed by atoms with Gasteiger partial charge >= 0.3 is 6.03 Å². The van der Waals surface area contributed by atoms with Gasteiger partial charge in [0.15, 0.2) is 0 Å². The van der Waals surface area contributed by atoms with Gasteiger partial charge in [-0.25, -0.2) is 4.79 Å². The molecule has 0 bridgehead atoms. The van der Waals surface area contributed by atoms with Gasteiger partial charge in [-0.05, 0) is 50.0 Å². The number of amides is 2. The van der Waals surface area contributed by atoms with Gasteiger partial charge in [0.25, 0.3) is 0 Å². The van der Waals surface area contributed by atoms with E-state index in [0.717, 1.165) is 38.1 Å². The second-order valence-corrected chi connectivity index (χ2v) is 5.02. The van der Waals surface area contributed by atoms with E-state index in [-0.39, 0.29) is 6.03 Å². The van der Waals surface area contributed by atoms with Crippen molar-refractivity contribution in [3.8, 4) is 5.75 Å². The molecule has 1 aromatic rings. The zero-order chi connectivity index (χ0) is 14.2. The van der Waals surface area contributed by atoms with Crippen molar-refractivity contribution in [3.05, 3.63) is 29.8 Å². The van der Waals surface area contributed by atoms with Crippen LogP contribution in [0.4, 0.5) is 4.79 Å². The fourth-order valence-corrected chi connectivity index (χ4v) is 2.32. The Hall–Kier alpha value is -1.75. The quantitative estimate of drug-likeness (QED) is 0.760. The van der Waals surface area contributed by atoms with Crippen LogP contribution in [-0.4, -0.2) is 38.8 Å². The summed E-state index contributed by atoms with van der Waals surface area (Å²) in [6.07, 6.45) is 2.83. The minimum absolute atomic E-state index is 0.0644. The molecule has 5 heteroatoms. The van der Waals surface area contributed by atoms with Gasteiger partial charge in [-0.3, -0.25) is 0 Å². The van der Waals surface area contributed by atoms with Crippen LogP contribution in [-0.2, 0) is 6.42 Å². The SMILES string of the molecule is COc1ccc(CCNC(=O)NC2CCNCC2)cc1. The van der Waals surface area contributed by atoms with E-state index in [1.807, 2.05) is 24.3 Å². The van der Waals surface area contributed by atoms with Crippen LogP contribution in [0.2, 0.25) is 0 Å². The van der Waals surface area contributed by atoms with Gasteiger partial charge in [-0.1, -0.05) is 12.1 Å². The van der Waals surface area contributed by atoms with Crippen molar-refractivity contribution in [1.29, 1.82) is 0 Å². The molecule has 5 nitrogen and oxygen atoms in total. The number of nitrogens with one attached hydrogen (secondary N) is 3. The first-order chi connectivity index (χ1) is 9.78. The van der Waals surface area contributed by atoms with Crippen molar-refractivity contribution in [1.82, 2.24) is 16.0 Å². The van der Waals surface area contributed by atoms with Crippen molar-refractivity contribution >= 4 is 6.03 Å².